The molecule has 3 heterocycles. The molecule has 0 radical (unpaired) electrons. The van der Waals surface area contributed by atoms with E-state index in [0.29, 0.717) is 17.1 Å². The Hall–Kier alpha value is -3.51. The molecule has 0 saturated carbocycles. The number of piperidine rings is 2. The molecule has 3 aliphatic rings. The van der Waals surface area contributed by atoms with E-state index in [2.05, 4.69) is 0 Å². The minimum Gasteiger partial charge on any atom is -0.497 e. The topological polar surface area (TPSA) is 124 Å². The Balaban J connectivity index is 0.000000229. The molecule has 3 aliphatic heterocycles. The first kappa shape index (κ1) is 22.9. The lowest BCUT2D eigenvalue weighted by Gasteiger charge is -2.42. The third kappa shape index (κ3) is 8.54. The van der Waals surface area contributed by atoms with E-state index in [0.717, 1.165) is 10.5 Å². The molecular formula is C32H42N2O9. The number of esters is 1. The highest BCUT2D eigenvalue weighted by atomic mass is 16.7. The fourth-order valence-corrected chi connectivity index (χ4v) is 4.71. The highest BCUT2D eigenvalue weighted by Crippen LogP contribution is 2.36. The van der Waals surface area contributed by atoms with Gasteiger partial charge in [-0.15, -0.1) is 0 Å². The quantitative estimate of drug-likeness (QED) is 0.335. The summed E-state index contributed by atoms with van der Waals surface area (Å²) in [6.07, 6.45) is -5.44. The Bertz CT molecular complexity index is 1550. The van der Waals surface area contributed by atoms with E-state index in [-0.39, 0.29) is 46.0 Å². The number of Topliss-reactive ketones (excluding diaryl/α,β-unsaturated/α-hetero) is 1. The van der Waals surface area contributed by atoms with E-state index in [1.54, 1.807) is 55.5 Å². The fraction of sp³-hybridized carbons (Fsp3) is 0.531. The number of ether oxygens (including phenoxy) is 5. The third-order valence-corrected chi connectivity index (χ3v) is 6.86. The van der Waals surface area contributed by atoms with Crippen LogP contribution in [0.4, 0.5) is 0 Å². The lowest BCUT2D eigenvalue weighted by molar-refractivity contribution is -0.229. The van der Waals surface area contributed by atoms with Crippen LogP contribution in [-0.2, 0) is 41.7 Å². The van der Waals surface area contributed by atoms with Gasteiger partial charge < -0.3 is 28.8 Å². The minimum atomic E-state index is -2.73. The van der Waals surface area contributed by atoms with Crippen LogP contribution in [0.15, 0.2) is 48.5 Å². The summed E-state index contributed by atoms with van der Waals surface area (Å²) >= 11 is 0. The molecule has 2 aromatic rings. The van der Waals surface area contributed by atoms with Gasteiger partial charge >= 0.3 is 11.9 Å². The van der Waals surface area contributed by atoms with Crippen LogP contribution in [0.3, 0.4) is 0 Å². The van der Waals surface area contributed by atoms with Gasteiger partial charge in [0.1, 0.15) is 23.3 Å². The molecule has 2 aromatic carbocycles. The number of aliphatic carboxylic acids is 1. The first-order valence-electron chi connectivity index (χ1n) is 17.7. The van der Waals surface area contributed by atoms with Crippen LogP contribution in [0.2, 0.25) is 0 Å². The summed E-state index contributed by atoms with van der Waals surface area (Å²) in [5, 5.41) is 9.57. The molecule has 234 valence electrons. The number of nitrogens with zero attached hydrogens (tertiary/aromatic N) is 2. The first-order chi connectivity index (χ1) is 23.8. The second-order valence-corrected chi connectivity index (χ2v) is 9.85. The van der Waals surface area contributed by atoms with Crippen LogP contribution in [0.5, 0.6) is 11.5 Å². The van der Waals surface area contributed by atoms with Gasteiger partial charge in [-0.1, -0.05) is 24.3 Å². The molecule has 1 N–H and O–H groups in total. The lowest BCUT2D eigenvalue weighted by Crippen LogP contribution is -2.56. The lowest BCUT2D eigenvalue weighted by atomic mass is 9.90. The first-order valence-corrected chi connectivity index (χ1v) is 13.7. The molecular weight excluding hydrogens is 556 g/mol. The zero-order chi connectivity index (χ0) is 38.0. The smallest absolute Gasteiger partial charge is 0.316 e. The largest absolute Gasteiger partial charge is 0.497 e. The van der Waals surface area contributed by atoms with Gasteiger partial charge in [0.15, 0.2) is 11.6 Å². The molecule has 0 bridgehead atoms. The van der Waals surface area contributed by atoms with Gasteiger partial charge in [-0.05, 0) is 61.6 Å². The van der Waals surface area contributed by atoms with Crippen molar-refractivity contribution < 1.29 is 54.1 Å². The molecule has 3 saturated heterocycles. The Morgan fingerprint density at radius 1 is 0.930 bits per heavy atom. The average Bonchev–Trinajstić information content (AvgIpc) is 3.52. The average molecular weight is 607 g/mol. The van der Waals surface area contributed by atoms with Crippen LogP contribution in [-0.4, -0.2) is 98.5 Å². The van der Waals surface area contributed by atoms with Crippen LogP contribution < -0.4 is 9.47 Å². The van der Waals surface area contributed by atoms with Crippen molar-refractivity contribution in [3.05, 3.63) is 59.7 Å². The van der Waals surface area contributed by atoms with Crippen molar-refractivity contribution in [2.75, 3.05) is 60.1 Å². The number of hydrogen-bond acceptors (Lipinski definition) is 10. The number of carboxylic acids is 1. The molecule has 0 amide bonds. The molecule has 2 unspecified atom stereocenters. The summed E-state index contributed by atoms with van der Waals surface area (Å²) in [6.45, 7) is -3.70. The van der Waals surface area contributed by atoms with Crippen LogP contribution in [0, 0.1) is 11.8 Å². The summed E-state index contributed by atoms with van der Waals surface area (Å²) < 4.78 is 91.6. The number of carbonyl (C=O) groups is 3. The van der Waals surface area contributed by atoms with Crippen molar-refractivity contribution >= 4 is 17.7 Å². The highest BCUT2D eigenvalue weighted by molar-refractivity contribution is 6.00. The van der Waals surface area contributed by atoms with E-state index in [9.17, 15) is 19.5 Å². The fourth-order valence-electron chi connectivity index (χ4n) is 4.71. The molecule has 1 spiro atoms. The minimum absolute atomic E-state index is 0.00272. The Labute approximate surface area is 263 Å². The predicted molar refractivity (Wildman–Crippen MR) is 157 cm³/mol. The van der Waals surface area contributed by atoms with Crippen molar-refractivity contribution in [2.45, 2.75) is 38.5 Å². The number of hydrogen-bond donors (Lipinski definition) is 1. The molecule has 3 fully saturated rings. The number of ketones is 1. The SMILES string of the molecule is [2H]C1([2H])C(C(=O)O)C2(CN(Cc3ccc(OC)cc3)C1([2H])[2H])OCCO2.[2H]C1([2H])C(C(=O)OCC)C(=O)CN(Cc2ccc(OC)cc2)C1([2H])[2H]. The van der Waals surface area contributed by atoms with Crippen LogP contribution in [0.25, 0.3) is 0 Å². The summed E-state index contributed by atoms with van der Waals surface area (Å²) in [7, 11) is 3.07. The van der Waals surface area contributed by atoms with E-state index in [4.69, 9.17) is 34.7 Å². The maximum Gasteiger partial charge on any atom is 0.316 e. The predicted octanol–water partition coefficient (Wildman–Crippen LogP) is 2.99. The van der Waals surface area contributed by atoms with Crippen molar-refractivity contribution in [1.29, 1.82) is 0 Å². The number of rotatable bonds is 9. The summed E-state index contributed by atoms with van der Waals surface area (Å²) in [4.78, 5) is 38.4. The Kier molecular flexibility index (Phi) is 8.16. The zero-order valence-electron chi connectivity index (χ0n) is 32.3. The third-order valence-electron chi connectivity index (χ3n) is 6.86. The molecule has 11 heteroatoms. The van der Waals surface area contributed by atoms with E-state index in [1.165, 1.54) is 19.1 Å². The van der Waals surface area contributed by atoms with Gasteiger partial charge in [0.05, 0.1) is 47.1 Å². The molecule has 11 nitrogen and oxygen atoms in total. The molecule has 5 rings (SSSR count). The van der Waals surface area contributed by atoms with Crippen molar-refractivity contribution in [3.8, 4) is 11.5 Å². The highest BCUT2D eigenvalue weighted by Gasteiger charge is 2.51. The standard InChI is InChI=1S/C16H21NO5.C16H21NO4/c1-20-13-4-2-12(3-5-13)10-17-7-6-14(15(18)19)16(11-17)21-8-9-22-16;1-3-21-16(19)14-8-9-17(11-15(14)18)10-12-4-6-13(20-2)7-5-12/h2-5,14H,6-11H2,1H3,(H,18,19);4-7,14H,3,8-11H2,1-2H3/i6D2,7D2;8D2,9D2. The molecule has 2 atom stereocenters. The van der Waals surface area contributed by atoms with Crippen molar-refractivity contribution in [2.24, 2.45) is 11.8 Å². The Morgan fingerprint density at radius 3 is 1.98 bits per heavy atom. The van der Waals surface area contributed by atoms with Gasteiger partial charge in [-0.2, -0.15) is 0 Å². The normalized spacial score (nSPS) is 29.4. The van der Waals surface area contributed by atoms with Crippen LogP contribution >= 0.6 is 0 Å². The van der Waals surface area contributed by atoms with E-state index in [1.807, 2.05) is 0 Å². The molecule has 0 aromatic heterocycles. The number of carboxylic acid groups (broad SMARTS) is 1. The number of methoxy groups -OCH3 is 2. The number of benzene rings is 2. The van der Waals surface area contributed by atoms with Crippen molar-refractivity contribution in [3.63, 3.8) is 0 Å². The number of likely N-dealkylation sites (tertiary alicyclic amines) is 2. The van der Waals surface area contributed by atoms with Crippen molar-refractivity contribution in [1.82, 2.24) is 9.80 Å². The maximum atomic E-state index is 12.3. The molecule has 43 heavy (non-hydrogen) atoms. The van der Waals surface area contributed by atoms with E-state index < -0.39 is 61.1 Å². The van der Waals surface area contributed by atoms with Gasteiger partial charge in [-0.3, -0.25) is 24.2 Å². The monoisotopic (exact) mass is 606 g/mol. The van der Waals surface area contributed by atoms with Gasteiger partial charge in [-0.25, -0.2) is 0 Å². The summed E-state index contributed by atoms with van der Waals surface area (Å²) in [5.74, 6) is -7.17. The van der Waals surface area contributed by atoms with Gasteiger partial charge in [0, 0.05) is 30.6 Å². The molecule has 0 aliphatic carbocycles. The van der Waals surface area contributed by atoms with Gasteiger partial charge in [0.25, 0.3) is 0 Å². The van der Waals surface area contributed by atoms with Crippen LogP contribution in [0.1, 0.15) is 41.8 Å². The van der Waals surface area contributed by atoms with E-state index >= 15 is 0 Å². The van der Waals surface area contributed by atoms with Gasteiger partial charge in [0.2, 0.25) is 0 Å². The summed E-state index contributed by atoms with van der Waals surface area (Å²) in [5.41, 5.74) is 1.43. The second kappa shape index (κ2) is 15.3. The zero-order valence-corrected chi connectivity index (χ0v) is 24.3. The Morgan fingerprint density at radius 2 is 1.47 bits per heavy atom. The summed E-state index contributed by atoms with van der Waals surface area (Å²) in [6, 6.07) is 13.8. The second-order valence-electron chi connectivity index (χ2n) is 9.85. The maximum absolute atomic E-state index is 12.3. The number of carbonyl (C=O) groups excluding carboxylic acids is 2.